The number of fused-ring (bicyclic) bond motifs is 1. The molecule has 0 saturated carbocycles. The molecule has 2 aliphatic rings. The van der Waals surface area contributed by atoms with Crippen LogP contribution in [0.5, 0.6) is 0 Å². The first-order valence-electron chi connectivity index (χ1n) is 9.94. The summed E-state index contributed by atoms with van der Waals surface area (Å²) in [5.74, 6) is -1.06. The number of piperidine rings is 1. The molecular weight excluding hydrogens is 430 g/mol. The molecule has 8 nitrogen and oxygen atoms in total. The van der Waals surface area contributed by atoms with E-state index in [1.165, 1.54) is 34.2 Å². The highest BCUT2D eigenvalue weighted by molar-refractivity contribution is 5.98. The predicted octanol–water partition coefficient (Wildman–Crippen LogP) is 2.57. The van der Waals surface area contributed by atoms with Gasteiger partial charge >= 0.3 is 6.18 Å². The molecule has 1 aromatic carbocycles. The number of anilines is 1. The number of alkyl halides is 3. The van der Waals surface area contributed by atoms with Crippen molar-refractivity contribution in [1.29, 1.82) is 0 Å². The third kappa shape index (κ3) is 3.45. The molecule has 3 aromatic rings. The highest BCUT2D eigenvalue weighted by atomic mass is 19.4. The van der Waals surface area contributed by atoms with Gasteiger partial charge in [-0.15, -0.1) is 0 Å². The molecule has 2 aliphatic heterocycles. The first kappa shape index (κ1) is 20.3. The second kappa shape index (κ2) is 7.53. The number of rotatable bonds is 3. The van der Waals surface area contributed by atoms with E-state index >= 15 is 0 Å². The first-order valence-corrected chi connectivity index (χ1v) is 9.94. The Morgan fingerprint density at radius 2 is 1.84 bits per heavy atom. The lowest BCUT2D eigenvalue weighted by atomic mass is 9.81. The van der Waals surface area contributed by atoms with Gasteiger partial charge in [0, 0.05) is 31.7 Å². The average Bonchev–Trinajstić information content (AvgIpc) is 3.28. The van der Waals surface area contributed by atoms with Crippen molar-refractivity contribution in [2.75, 3.05) is 24.5 Å². The summed E-state index contributed by atoms with van der Waals surface area (Å²) in [6.45, 7) is 1.19. The third-order valence-electron chi connectivity index (χ3n) is 5.87. The fourth-order valence-electron chi connectivity index (χ4n) is 4.24. The van der Waals surface area contributed by atoms with Crippen LogP contribution in [0.1, 0.15) is 22.5 Å². The number of hydrogen-bond donors (Lipinski definition) is 0. The molecule has 1 amide bonds. The molecule has 32 heavy (non-hydrogen) atoms. The lowest BCUT2D eigenvalue weighted by Gasteiger charge is -2.53. The van der Waals surface area contributed by atoms with Crippen LogP contribution in [0.25, 0.3) is 5.69 Å². The van der Waals surface area contributed by atoms with E-state index in [-0.39, 0.29) is 35.7 Å². The van der Waals surface area contributed by atoms with Crippen LogP contribution in [0, 0.1) is 11.7 Å². The second-order valence-electron chi connectivity index (χ2n) is 7.71. The molecule has 4 heterocycles. The van der Waals surface area contributed by atoms with Crippen LogP contribution < -0.4 is 4.90 Å². The van der Waals surface area contributed by atoms with Gasteiger partial charge in [0.2, 0.25) is 5.95 Å². The molecule has 2 aromatic heterocycles. The third-order valence-corrected chi connectivity index (χ3v) is 5.87. The van der Waals surface area contributed by atoms with Gasteiger partial charge in [0.1, 0.15) is 22.8 Å². The van der Waals surface area contributed by atoms with Crippen molar-refractivity contribution >= 4 is 11.9 Å². The van der Waals surface area contributed by atoms with E-state index in [1.807, 2.05) is 0 Å². The maximum atomic E-state index is 14.7. The van der Waals surface area contributed by atoms with Crippen molar-refractivity contribution in [2.24, 2.45) is 5.92 Å². The summed E-state index contributed by atoms with van der Waals surface area (Å²) in [5.41, 5.74) is -0.944. The summed E-state index contributed by atoms with van der Waals surface area (Å²) < 4.78 is 53.8. The van der Waals surface area contributed by atoms with Crippen LogP contribution in [0.3, 0.4) is 0 Å². The molecule has 2 saturated heterocycles. The van der Waals surface area contributed by atoms with Crippen LogP contribution in [-0.2, 0) is 6.18 Å². The van der Waals surface area contributed by atoms with E-state index in [9.17, 15) is 22.4 Å². The molecule has 12 heteroatoms. The van der Waals surface area contributed by atoms with E-state index in [0.717, 1.165) is 12.3 Å². The van der Waals surface area contributed by atoms with Crippen LogP contribution in [-0.4, -0.2) is 61.4 Å². The Bertz CT molecular complexity index is 1150. The number of hydrogen-bond acceptors (Lipinski definition) is 6. The Morgan fingerprint density at radius 1 is 1.06 bits per heavy atom. The quantitative estimate of drug-likeness (QED) is 0.575. The summed E-state index contributed by atoms with van der Waals surface area (Å²) in [6.07, 6.45) is 0.0125. The molecule has 2 atom stereocenters. The molecule has 0 spiro atoms. The fourth-order valence-corrected chi connectivity index (χ4v) is 4.24. The van der Waals surface area contributed by atoms with Gasteiger partial charge in [0.05, 0.1) is 18.4 Å². The standard InChI is InChI=1S/C20H17F4N7O/c21-13-2-1-3-14(31-26-7-8-27-31)17(13)18(32)30-10-12-5-9-29(11-15(12)30)19-25-6-4-16(28-19)20(22,23)24/h1-4,6-8,12,15H,5,9-11H2/t12-,15-/m1/s1. The minimum absolute atomic E-state index is 0.0371. The molecule has 0 N–H and O–H groups in total. The molecule has 5 rings (SSSR count). The monoisotopic (exact) mass is 447 g/mol. The Morgan fingerprint density at radius 3 is 2.59 bits per heavy atom. The smallest absolute Gasteiger partial charge is 0.339 e. The maximum Gasteiger partial charge on any atom is 0.433 e. The van der Waals surface area contributed by atoms with Gasteiger partial charge in [-0.05, 0) is 24.6 Å². The number of carbonyl (C=O) groups is 1. The largest absolute Gasteiger partial charge is 0.433 e. The average molecular weight is 447 g/mol. The summed E-state index contributed by atoms with van der Waals surface area (Å²) in [6, 6.07) is 4.75. The Balaban J connectivity index is 1.39. The van der Waals surface area contributed by atoms with Crippen molar-refractivity contribution in [3.63, 3.8) is 0 Å². The molecular formula is C20H17F4N7O. The van der Waals surface area contributed by atoms with Crippen molar-refractivity contribution in [3.8, 4) is 5.69 Å². The fraction of sp³-hybridized carbons (Fsp3) is 0.350. The first-order chi connectivity index (χ1) is 15.3. The number of likely N-dealkylation sites (tertiary alicyclic amines) is 1. The minimum atomic E-state index is -4.57. The predicted molar refractivity (Wildman–Crippen MR) is 103 cm³/mol. The molecule has 0 radical (unpaired) electrons. The summed E-state index contributed by atoms with van der Waals surface area (Å²) in [5, 5.41) is 7.97. The normalized spacial score (nSPS) is 20.6. The number of aromatic nitrogens is 5. The van der Waals surface area contributed by atoms with Crippen molar-refractivity contribution in [1.82, 2.24) is 29.9 Å². The van der Waals surface area contributed by atoms with Crippen LogP contribution >= 0.6 is 0 Å². The van der Waals surface area contributed by atoms with E-state index in [2.05, 4.69) is 20.2 Å². The van der Waals surface area contributed by atoms with E-state index in [0.29, 0.717) is 19.5 Å². The van der Waals surface area contributed by atoms with Gasteiger partial charge in [-0.1, -0.05) is 6.07 Å². The zero-order valence-corrected chi connectivity index (χ0v) is 16.6. The van der Waals surface area contributed by atoms with Gasteiger partial charge in [0.25, 0.3) is 5.91 Å². The molecule has 2 fully saturated rings. The highest BCUT2D eigenvalue weighted by Gasteiger charge is 2.46. The van der Waals surface area contributed by atoms with E-state index in [1.54, 1.807) is 11.0 Å². The Hall–Kier alpha value is -3.57. The number of amides is 1. The summed E-state index contributed by atoms with van der Waals surface area (Å²) in [4.78, 5) is 25.2. The number of benzene rings is 1. The van der Waals surface area contributed by atoms with E-state index < -0.39 is 23.6 Å². The zero-order chi connectivity index (χ0) is 22.5. The minimum Gasteiger partial charge on any atom is -0.339 e. The van der Waals surface area contributed by atoms with E-state index in [4.69, 9.17) is 0 Å². The van der Waals surface area contributed by atoms with Crippen LogP contribution in [0.2, 0.25) is 0 Å². The lowest BCUT2D eigenvalue weighted by Crippen LogP contribution is -2.66. The number of carbonyl (C=O) groups excluding carboxylic acids is 1. The van der Waals surface area contributed by atoms with Gasteiger partial charge in [-0.25, -0.2) is 14.4 Å². The van der Waals surface area contributed by atoms with Gasteiger partial charge < -0.3 is 9.80 Å². The van der Waals surface area contributed by atoms with Crippen LogP contribution in [0.4, 0.5) is 23.5 Å². The summed E-state index contributed by atoms with van der Waals surface area (Å²) in [7, 11) is 0. The summed E-state index contributed by atoms with van der Waals surface area (Å²) >= 11 is 0. The lowest BCUT2D eigenvalue weighted by molar-refractivity contribution is -0.141. The Kier molecular flexibility index (Phi) is 4.79. The number of nitrogens with zero attached hydrogens (tertiary/aromatic N) is 7. The molecule has 0 unspecified atom stereocenters. The van der Waals surface area contributed by atoms with Gasteiger partial charge in [-0.3, -0.25) is 4.79 Å². The SMILES string of the molecule is O=C(c1c(F)cccc1-n1nccn1)N1C[C@H]2CCN(c3nccc(C(F)(F)F)n3)C[C@H]21. The number of halogens is 4. The van der Waals surface area contributed by atoms with Crippen molar-refractivity contribution < 1.29 is 22.4 Å². The van der Waals surface area contributed by atoms with Gasteiger partial charge in [0.15, 0.2) is 0 Å². The topological polar surface area (TPSA) is 80.0 Å². The molecule has 0 aliphatic carbocycles. The van der Waals surface area contributed by atoms with Crippen molar-refractivity contribution in [3.05, 3.63) is 59.9 Å². The molecule has 166 valence electrons. The molecule has 0 bridgehead atoms. The maximum absolute atomic E-state index is 14.7. The second-order valence-corrected chi connectivity index (χ2v) is 7.71. The Labute approximate surface area is 179 Å². The van der Waals surface area contributed by atoms with Crippen molar-refractivity contribution in [2.45, 2.75) is 18.6 Å². The van der Waals surface area contributed by atoms with Gasteiger partial charge in [-0.2, -0.15) is 28.2 Å². The zero-order valence-electron chi connectivity index (χ0n) is 16.6. The van der Waals surface area contributed by atoms with Crippen LogP contribution in [0.15, 0.2) is 42.9 Å². The highest BCUT2D eigenvalue weighted by Crippen LogP contribution is 2.36.